The predicted octanol–water partition coefficient (Wildman–Crippen LogP) is 0.833. The fourth-order valence-electron chi connectivity index (χ4n) is 1.85. The number of fused-ring (bicyclic) bond motifs is 1. The van der Waals surface area contributed by atoms with Crippen LogP contribution in [0.1, 0.15) is 17.5 Å². The maximum atomic E-state index is 10.9. The zero-order valence-corrected chi connectivity index (χ0v) is 9.18. The molecule has 2 rings (SSSR count). The average molecular weight is 226 g/mol. The van der Waals surface area contributed by atoms with Crippen LogP contribution in [0.25, 0.3) is 0 Å². The summed E-state index contributed by atoms with van der Waals surface area (Å²) in [5.74, 6) is -0.0831. The van der Waals surface area contributed by atoms with Gasteiger partial charge in [-0.25, -0.2) is 13.6 Å². The van der Waals surface area contributed by atoms with Crippen LogP contribution in [-0.4, -0.2) is 15.0 Å². The highest BCUT2D eigenvalue weighted by Crippen LogP contribution is 2.23. The van der Waals surface area contributed by atoms with Crippen LogP contribution in [0, 0.1) is 0 Å². The number of rotatable bonds is 2. The molecule has 0 fully saturated rings. The zero-order valence-electron chi connectivity index (χ0n) is 8.36. The third kappa shape index (κ3) is 2.70. The van der Waals surface area contributed by atoms with E-state index < -0.39 is 10.0 Å². The second kappa shape index (κ2) is 3.83. The van der Waals surface area contributed by atoms with Crippen molar-refractivity contribution >= 4 is 15.7 Å². The first-order valence-electron chi connectivity index (χ1n) is 4.91. The lowest BCUT2D eigenvalue weighted by Gasteiger charge is -2.18. The summed E-state index contributed by atoms with van der Waals surface area (Å²) in [7, 11) is -3.42. The first kappa shape index (κ1) is 10.4. The number of hydrogen-bond acceptors (Lipinski definition) is 3. The number of nitrogens with two attached hydrogens (primary N) is 1. The largest absolute Gasteiger partial charge is 0.385 e. The minimum atomic E-state index is -3.42. The topological polar surface area (TPSA) is 72.2 Å². The van der Waals surface area contributed by atoms with Crippen LogP contribution in [0.4, 0.5) is 5.69 Å². The van der Waals surface area contributed by atoms with Crippen molar-refractivity contribution < 1.29 is 8.42 Å². The Hall–Kier alpha value is -1.07. The van der Waals surface area contributed by atoms with Gasteiger partial charge in [0.05, 0.1) is 5.75 Å². The van der Waals surface area contributed by atoms with Crippen molar-refractivity contribution in [2.45, 2.75) is 18.6 Å². The predicted molar refractivity (Wildman–Crippen MR) is 60.1 cm³/mol. The van der Waals surface area contributed by atoms with Crippen LogP contribution in [0.15, 0.2) is 18.2 Å². The van der Waals surface area contributed by atoms with Crippen LogP contribution in [0.3, 0.4) is 0 Å². The Morgan fingerprint density at radius 2 is 2.20 bits per heavy atom. The molecule has 3 N–H and O–H groups in total. The second-order valence-electron chi connectivity index (χ2n) is 3.83. The van der Waals surface area contributed by atoms with Gasteiger partial charge >= 0.3 is 0 Å². The van der Waals surface area contributed by atoms with Gasteiger partial charge in [-0.2, -0.15) is 0 Å². The highest BCUT2D eigenvalue weighted by atomic mass is 32.2. The van der Waals surface area contributed by atoms with Gasteiger partial charge in [0, 0.05) is 12.2 Å². The molecule has 0 radical (unpaired) electrons. The fourth-order valence-corrected chi connectivity index (χ4v) is 2.49. The Kier molecular flexibility index (Phi) is 2.67. The number of hydrogen-bond donors (Lipinski definition) is 2. The van der Waals surface area contributed by atoms with Crippen LogP contribution >= 0.6 is 0 Å². The lowest BCUT2D eigenvalue weighted by molar-refractivity contribution is 0.597. The van der Waals surface area contributed by atoms with Crippen molar-refractivity contribution in [3.05, 3.63) is 29.3 Å². The van der Waals surface area contributed by atoms with E-state index in [0.29, 0.717) is 0 Å². The first-order valence-corrected chi connectivity index (χ1v) is 6.62. The molecular weight excluding hydrogens is 212 g/mol. The third-order valence-electron chi connectivity index (χ3n) is 2.48. The van der Waals surface area contributed by atoms with Crippen molar-refractivity contribution in [1.29, 1.82) is 0 Å². The Morgan fingerprint density at radius 3 is 2.93 bits per heavy atom. The van der Waals surface area contributed by atoms with Crippen LogP contribution in [0.2, 0.25) is 0 Å². The molecule has 1 aromatic carbocycles. The monoisotopic (exact) mass is 226 g/mol. The van der Waals surface area contributed by atoms with Gasteiger partial charge in [-0.1, -0.05) is 12.1 Å². The average Bonchev–Trinajstić information content (AvgIpc) is 2.15. The van der Waals surface area contributed by atoms with E-state index in [0.717, 1.165) is 30.6 Å². The summed E-state index contributed by atoms with van der Waals surface area (Å²) < 4.78 is 21.9. The molecule has 1 aromatic rings. The van der Waals surface area contributed by atoms with E-state index >= 15 is 0 Å². The Labute approximate surface area is 89.5 Å². The standard InChI is InChI=1S/C10H14N2O2S/c11-15(13,14)7-8-3-4-10-9(6-8)2-1-5-12-10/h3-4,6,12H,1-2,5,7H2,(H2,11,13,14). The van der Waals surface area contributed by atoms with Crippen molar-refractivity contribution in [2.75, 3.05) is 11.9 Å². The van der Waals surface area contributed by atoms with E-state index in [1.165, 1.54) is 5.56 Å². The summed E-state index contributed by atoms with van der Waals surface area (Å²) in [6.07, 6.45) is 2.09. The van der Waals surface area contributed by atoms with Crippen molar-refractivity contribution in [3.8, 4) is 0 Å². The number of primary sulfonamides is 1. The molecule has 4 nitrogen and oxygen atoms in total. The minimum Gasteiger partial charge on any atom is -0.385 e. The Morgan fingerprint density at radius 1 is 1.40 bits per heavy atom. The van der Waals surface area contributed by atoms with E-state index in [9.17, 15) is 8.42 Å². The van der Waals surface area contributed by atoms with Crippen LogP contribution < -0.4 is 10.5 Å². The minimum absolute atomic E-state index is 0.0831. The van der Waals surface area contributed by atoms with E-state index in [-0.39, 0.29) is 5.75 Å². The summed E-state index contributed by atoms with van der Waals surface area (Å²) in [5, 5.41) is 8.27. The van der Waals surface area contributed by atoms with Crippen molar-refractivity contribution in [1.82, 2.24) is 0 Å². The fraction of sp³-hybridized carbons (Fsp3) is 0.400. The summed E-state index contributed by atoms with van der Waals surface area (Å²) in [6, 6.07) is 5.66. The molecular formula is C10H14N2O2S. The third-order valence-corrected chi connectivity index (χ3v) is 3.21. The molecule has 0 spiro atoms. The maximum Gasteiger partial charge on any atom is 0.213 e. The van der Waals surface area contributed by atoms with Crippen LogP contribution in [0.5, 0.6) is 0 Å². The van der Waals surface area contributed by atoms with Gasteiger partial charge in [-0.15, -0.1) is 0 Å². The van der Waals surface area contributed by atoms with E-state index in [4.69, 9.17) is 5.14 Å². The highest BCUT2D eigenvalue weighted by Gasteiger charge is 2.11. The van der Waals surface area contributed by atoms with E-state index in [1.54, 1.807) is 0 Å². The smallest absolute Gasteiger partial charge is 0.213 e. The SMILES string of the molecule is NS(=O)(=O)Cc1ccc2c(c1)CCCN2. The summed E-state index contributed by atoms with van der Waals surface area (Å²) >= 11 is 0. The molecule has 15 heavy (non-hydrogen) atoms. The molecule has 82 valence electrons. The molecule has 1 aliphatic heterocycles. The molecule has 0 aromatic heterocycles. The summed E-state index contributed by atoms with van der Waals surface area (Å²) in [4.78, 5) is 0. The van der Waals surface area contributed by atoms with Gasteiger partial charge in [0.15, 0.2) is 0 Å². The number of aryl methyl sites for hydroxylation is 1. The van der Waals surface area contributed by atoms with E-state index in [1.807, 2.05) is 18.2 Å². The van der Waals surface area contributed by atoms with Gasteiger partial charge < -0.3 is 5.32 Å². The summed E-state index contributed by atoms with van der Waals surface area (Å²) in [6.45, 7) is 0.988. The quantitative estimate of drug-likeness (QED) is 0.784. The number of sulfonamides is 1. The lowest BCUT2D eigenvalue weighted by Crippen LogP contribution is -2.16. The van der Waals surface area contributed by atoms with Crippen molar-refractivity contribution in [3.63, 3.8) is 0 Å². The van der Waals surface area contributed by atoms with Gasteiger partial charge in [-0.3, -0.25) is 0 Å². The normalized spacial score (nSPS) is 15.5. The highest BCUT2D eigenvalue weighted by molar-refractivity contribution is 7.88. The lowest BCUT2D eigenvalue weighted by atomic mass is 10.0. The molecule has 0 amide bonds. The molecule has 0 saturated carbocycles. The molecule has 1 heterocycles. The molecule has 0 bridgehead atoms. The Bertz CT molecular complexity index is 468. The van der Waals surface area contributed by atoms with Gasteiger partial charge in [0.25, 0.3) is 0 Å². The number of benzene rings is 1. The molecule has 0 aliphatic carbocycles. The number of nitrogens with one attached hydrogen (secondary N) is 1. The number of anilines is 1. The molecule has 5 heteroatoms. The van der Waals surface area contributed by atoms with Gasteiger partial charge in [-0.05, 0) is 30.0 Å². The van der Waals surface area contributed by atoms with Gasteiger partial charge in [0.2, 0.25) is 10.0 Å². The van der Waals surface area contributed by atoms with Gasteiger partial charge in [0.1, 0.15) is 0 Å². The molecule has 0 unspecified atom stereocenters. The second-order valence-corrected chi connectivity index (χ2v) is 5.44. The molecule has 0 saturated heterocycles. The van der Waals surface area contributed by atoms with Crippen molar-refractivity contribution in [2.24, 2.45) is 5.14 Å². The zero-order chi connectivity index (χ0) is 10.9. The van der Waals surface area contributed by atoms with E-state index in [2.05, 4.69) is 5.32 Å². The first-order chi connectivity index (χ1) is 7.04. The molecule has 0 atom stereocenters. The molecule has 1 aliphatic rings. The van der Waals surface area contributed by atoms with Crippen LogP contribution in [-0.2, 0) is 22.2 Å². The summed E-state index contributed by atoms with van der Waals surface area (Å²) in [5.41, 5.74) is 3.06. The maximum absolute atomic E-state index is 10.9. The Balaban J connectivity index is 2.28.